The first-order chi connectivity index (χ1) is 15.2. The second-order valence-electron chi connectivity index (χ2n) is 9.88. The quantitative estimate of drug-likeness (QED) is 0.722. The van der Waals surface area contributed by atoms with E-state index in [0.29, 0.717) is 17.9 Å². The molecule has 31 heavy (non-hydrogen) atoms. The number of rotatable bonds is 7. The van der Waals surface area contributed by atoms with Crippen LogP contribution in [0.4, 0.5) is 5.82 Å². The minimum Gasteiger partial charge on any atom is -0.460 e. The van der Waals surface area contributed by atoms with Crippen molar-refractivity contribution < 1.29 is 9.21 Å². The molecule has 3 fully saturated rings. The van der Waals surface area contributed by atoms with E-state index < -0.39 is 0 Å². The molecule has 2 aliphatic carbocycles. The molecular formula is C25H36N4O2. The fraction of sp³-hybridized carbons (Fsp3) is 0.680. The molecule has 1 aliphatic heterocycles. The highest BCUT2D eigenvalue weighted by Gasteiger charge is 2.26. The van der Waals surface area contributed by atoms with E-state index in [1.807, 2.05) is 18.3 Å². The van der Waals surface area contributed by atoms with Crippen LogP contribution in [0, 0.1) is 11.8 Å². The maximum absolute atomic E-state index is 12.2. The van der Waals surface area contributed by atoms with Gasteiger partial charge < -0.3 is 14.6 Å². The van der Waals surface area contributed by atoms with E-state index in [1.165, 1.54) is 45.1 Å². The van der Waals surface area contributed by atoms with E-state index in [2.05, 4.69) is 20.1 Å². The van der Waals surface area contributed by atoms with Crippen molar-refractivity contribution in [3.63, 3.8) is 0 Å². The number of amides is 1. The highest BCUT2D eigenvalue weighted by atomic mass is 16.3. The summed E-state index contributed by atoms with van der Waals surface area (Å²) in [5, 5.41) is 4.43. The molecule has 1 amide bonds. The molecule has 6 heteroatoms. The third-order valence-corrected chi connectivity index (χ3v) is 7.79. The molecule has 3 aliphatic rings. The number of furan rings is 1. The second kappa shape index (κ2) is 9.60. The number of nitrogens with one attached hydrogen (secondary N) is 1. The Labute approximate surface area is 185 Å². The van der Waals surface area contributed by atoms with Gasteiger partial charge in [-0.15, -0.1) is 0 Å². The zero-order valence-corrected chi connectivity index (χ0v) is 18.6. The summed E-state index contributed by atoms with van der Waals surface area (Å²) in [6.45, 7) is 5.38. The normalized spacial score (nSPS) is 25.5. The number of fused-ring (bicyclic) bond motifs is 1. The Morgan fingerprint density at radius 1 is 1.03 bits per heavy atom. The van der Waals surface area contributed by atoms with Gasteiger partial charge in [0, 0.05) is 50.2 Å². The SMILES string of the molecule is O=C(CC1CCC1)NC1CCC(CCN2CCN(c3nccc4ccoc34)CC2)CC1. The van der Waals surface area contributed by atoms with Gasteiger partial charge in [-0.2, -0.15) is 0 Å². The molecule has 0 spiro atoms. The predicted octanol–water partition coefficient (Wildman–Crippen LogP) is 4.21. The summed E-state index contributed by atoms with van der Waals surface area (Å²) >= 11 is 0. The largest absolute Gasteiger partial charge is 0.460 e. The molecule has 0 atom stereocenters. The Morgan fingerprint density at radius 3 is 2.58 bits per heavy atom. The van der Waals surface area contributed by atoms with Crippen molar-refractivity contribution in [2.75, 3.05) is 37.6 Å². The van der Waals surface area contributed by atoms with Crippen molar-refractivity contribution in [2.45, 2.75) is 63.8 Å². The monoisotopic (exact) mass is 424 g/mol. The van der Waals surface area contributed by atoms with Gasteiger partial charge in [0.2, 0.25) is 5.91 Å². The van der Waals surface area contributed by atoms with Gasteiger partial charge in [-0.25, -0.2) is 4.98 Å². The molecule has 1 saturated heterocycles. The van der Waals surface area contributed by atoms with Crippen LogP contribution in [0.3, 0.4) is 0 Å². The summed E-state index contributed by atoms with van der Waals surface area (Å²) in [5.74, 6) is 2.77. The van der Waals surface area contributed by atoms with Gasteiger partial charge in [0.25, 0.3) is 0 Å². The number of hydrogen-bond donors (Lipinski definition) is 1. The zero-order valence-electron chi connectivity index (χ0n) is 18.6. The number of carbonyl (C=O) groups excluding carboxylic acids is 1. The van der Waals surface area contributed by atoms with Crippen molar-refractivity contribution in [3.05, 3.63) is 24.6 Å². The summed E-state index contributed by atoms with van der Waals surface area (Å²) < 4.78 is 5.67. The Bertz CT molecular complexity index is 861. The van der Waals surface area contributed by atoms with Crippen LogP contribution in [0.5, 0.6) is 0 Å². The van der Waals surface area contributed by atoms with Gasteiger partial charge in [-0.3, -0.25) is 9.69 Å². The average Bonchev–Trinajstić information content (AvgIpc) is 3.25. The van der Waals surface area contributed by atoms with Crippen LogP contribution in [0.15, 0.2) is 29.0 Å². The first-order valence-electron chi connectivity index (χ1n) is 12.3. The fourth-order valence-electron chi connectivity index (χ4n) is 5.49. The Kier molecular flexibility index (Phi) is 6.44. The average molecular weight is 425 g/mol. The number of nitrogens with zero attached hydrogens (tertiary/aromatic N) is 3. The maximum Gasteiger partial charge on any atom is 0.220 e. The Hall–Kier alpha value is -2.08. The van der Waals surface area contributed by atoms with E-state index in [0.717, 1.165) is 68.1 Å². The highest BCUT2D eigenvalue weighted by molar-refractivity contribution is 5.87. The highest BCUT2D eigenvalue weighted by Crippen LogP contribution is 2.31. The van der Waals surface area contributed by atoms with Crippen LogP contribution < -0.4 is 10.2 Å². The molecule has 2 aromatic heterocycles. The third kappa shape index (κ3) is 5.05. The number of piperazine rings is 1. The van der Waals surface area contributed by atoms with E-state index in [1.54, 1.807) is 6.26 Å². The lowest BCUT2D eigenvalue weighted by Gasteiger charge is -2.36. The topological polar surface area (TPSA) is 61.6 Å². The molecule has 6 nitrogen and oxygen atoms in total. The molecule has 168 valence electrons. The van der Waals surface area contributed by atoms with Gasteiger partial charge in [0.1, 0.15) is 0 Å². The minimum atomic E-state index is 0.297. The molecule has 2 aromatic rings. The van der Waals surface area contributed by atoms with Gasteiger partial charge in [-0.1, -0.05) is 6.42 Å². The van der Waals surface area contributed by atoms with Crippen molar-refractivity contribution in [1.29, 1.82) is 0 Å². The summed E-state index contributed by atoms with van der Waals surface area (Å²) in [7, 11) is 0. The second-order valence-corrected chi connectivity index (χ2v) is 9.88. The van der Waals surface area contributed by atoms with Crippen molar-refractivity contribution in [2.24, 2.45) is 11.8 Å². The van der Waals surface area contributed by atoms with E-state index in [4.69, 9.17) is 4.42 Å². The summed E-state index contributed by atoms with van der Waals surface area (Å²) in [5.41, 5.74) is 0.910. The van der Waals surface area contributed by atoms with Crippen molar-refractivity contribution in [1.82, 2.24) is 15.2 Å². The smallest absolute Gasteiger partial charge is 0.220 e. The standard InChI is InChI=1S/C25H36N4O2/c30-23(18-20-2-1-3-20)27-22-6-4-19(5-7-22)9-12-28-13-15-29(16-14-28)25-24-21(8-11-26-25)10-17-31-24/h8,10-11,17,19-20,22H,1-7,9,12-16,18H2,(H,27,30). The van der Waals surface area contributed by atoms with Gasteiger partial charge in [-0.05, 0) is 75.5 Å². The van der Waals surface area contributed by atoms with Gasteiger partial charge >= 0.3 is 0 Å². The maximum atomic E-state index is 12.2. The molecule has 0 aromatic carbocycles. The molecule has 1 N–H and O–H groups in total. The molecule has 0 unspecified atom stereocenters. The van der Waals surface area contributed by atoms with Crippen LogP contribution in [0.2, 0.25) is 0 Å². The molecule has 3 heterocycles. The van der Waals surface area contributed by atoms with E-state index >= 15 is 0 Å². The number of hydrogen-bond acceptors (Lipinski definition) is 5. The first kappa shape index (κ1) is 20.8. The van der Waals surface area contributed by atoms with E-state index in [9.17, 15) is 4.79 Å². The summed E-state index contributed by atoms with van der Waals surface area (Å²) in [4.78, 5) is 21.7. The Morgan fingerprint density at radius 2 is 1.84 bits per heavy atom. The van der Waals surface area contributed by atoms with Crippen LogP contribution >= 0.6 is 0 Å². The summed E-state index contributed by atoms with van der Waals surface area (Å²) in [6.07, 6.45) is 14.3. The van der Waals surface area contributed by atoms with Crippen LogP contribution in [0.1, 0.15) is 57.8 Å². The lowest BCUT2D eigenvalue weighted by atomic mass is 9.82. The molecule has 0 radical (unpaired) electrons. The van der Waals surface area contributed by atoms with Gasteiger partial charge in [0.15, 0.2) is 11.4 Å². The Balaban J connectivity index is 1.00. The van der Waals surface area contributed by atoms with Crippen LogP contribution in [-0.2, 0) is 4.79 Å². The molecule has 0 bridgehead atoms. The third-order valence-electron chi connectivity index (χ3n) is 7.79. The number of carbonyl (C=O) groups is 1. The van der Waals surface area contributed by atoms with Crippen molar-refractivity contribution in [3.8, 4) is 0 Å². The van der Waals surface area contributed by atoms with Crippen molar-refractivity contribution >= 4 is 22.7 Å². The van der Waals surface area contributed by atoms with Gasteiger partial charge in [0.05, 0.1) is 6.26 Å². The first-order valence-corrected chi connectivity index (χ1v) is 12.3. The van der Waals surface area contributed by atoms with Crippen LogP contribution in [-0.4, -0.2) is 54.6 Å². The number of pyridine rings is 1. The predicted molar refractivity (Wildman–Crippen MR) is 123 cm³/mol. The number of anilines is 1. The molecular weight excluding hydrogens is 388 g/mol. The molecule has 5 rings (SSSR count). The lowest BCUT2D eigenvalue weighted by Crippen LogP contribution is -2.47. The summed E-state index contributed by atoms with van der Waals surface area (Å²) in [6, 6.07) is 4.43. The minimum absolute atomic E-state index is 0.297. The zero-order chi connectivity index (χ0) is 21.0. The van der Waals surface area contributed by atoms with E-state index in [-0.39, 0.29) is 0 Å². The molecule has 2 saturated carbocycles. The fourth-order valence-corrected chi connectivity index (χ4v) is 5.49. The lowest BCUT2D eigenvalue weighted by molar-refractivity contribution is -0.123. The number of aromatic nitrogens is 1. The van der Waals surface area contributed by atoms with Crippen LogP contribution in [0.25, 0.3) is 11.0 Å².